The number of rotatable bonds is 3. The van der Waals surface area contributed by atoms with Crippen molar-refractivity contribution in [3.63, 3.8) is 0 Å². The van der Waals surface area contributed by atoms with Crippen molar-refractivity contribution in [3.8, 4) is 0 Å². The quantitative estimate of drug-likeness (QED) is 0.803. The van der Waals surface area contributed by atoms with Gasteiger partial charge in [-0.05, 0) is 26.7 Å². The largest absolute Gasteiger partial charge is 0.298 e. The van der Waals surface area contributed by atoms with Crippen molar-refractivity contribution in [1.82, 2.24) is 14.8 Å². The van der Waals surface area contributed by atoms with Gasteiger partial charge in [0.25, 0.3) is 14.2 Å². The molecule has 18 heavy (non-hydrogen) atoms. The highest BCUT2D eigenvalue weighted by molar-refractivity contribution is 8.13. The summed E-state index contributed by atoms with van der Waals surface area (Å²) in [5, 5.41) is 7.76. The second kappa shape index (κ2) is 4.49. The second-order valence-corrected chi connectivity index (χ2v) is 7.94. The molecule has 0 aromatic carbocycles. The molecule has 7 heteroatoms. The van der Waals surface area contributed by atoms with E-state index in [9.17, 15) is 8.42 Å². The molecule has 1 aromatic rings. The van der Waals surface area contributed by atoms with Crippen LogP contribution < -0.4 is 0 Å². The van der Waals surface area contributed by atoms with E-state index in [0.29, 0.717) is 0 Å². The zero-order valence-corrected chi connectivity index (χ0v) is 12.4. The Bertz CT molecular complexity index is 545. The van der Waals surface area contributed by atoms with Gasteiger partial charge in [-0.3, -0.25) is 4.57 Å². The Labute approximate surface area is 112 Å². The van der Waals surface area contributed by atoms with Crippen molar-refractivity contribution in [1.29, 1.82) is 0 Å². The highest BCUT2D eigenvalue weighted by atomic mass is 35.7. The van der Waals surface area contributed by atoms with Crippen molar-refractivity contribution < 1.29 is 8.42 Å². The maximum Gasteiger partial charge on any atom is 0.296 e. The zero-order valence-electron chi connectivity index (χ0n) is 10.9. The lowest BCUT2D eigenvalue weighted by atomic mass is 9.87. The minimum absolute atomic E-state index is 0.0315. The summed E-state index contributed by atoms with van der Waals surface area (Å²) in [4.78, 5) is 0. The molecule has 0 saturated heterocycles. The minimum atomic E-state index is -3.85. The molecule has 0 atom stereocenters. The van der Waals surface area contributed by atoms with Gasteiger partial charge in [-0.1, -0.05) is 19.8 Å². The van der Waals surface area contributed by atoms with Gasteiger partial charge in [0.05, 0.1) is 0 Å². The zero-order chi connectivity index (χ0) is 13.6. The Morgan fingerprint density at radius 3 is 2.28 bits per heavy atom. The van der Waals surface area contributed by atoms with Crippen LogP contribution >= 0.6 is 10.7 Å². The van der Waals surface area contributed by atoms with Crippen molar-refractivity contribution in [2.75, 3.05) is 0 Å². The van der Waals surface area contributed by atoms with Crippen LogP contribution in [0.4, 0.5) is 0 Å². The van der Waals surface area contributed by atoms with Crippen molar-refractivity contribution in [2.24, 2.45) is 0 Å². The second-order valence-electron chi connectivity index (χ2n) is 5.48. The van der Waals surface area contributed by atoms with E-state index in [0.717, 1.165) is 31.5 Å². The average Bonchev–Trinajstić information content (AvgIpc) is 2.81. The maximum absolute atomic E-state index is 11.5. The first-order chi connectivity index (χ1) is 8.26. The summed E-state index contributed by atoms with van der Waals surface area (Å²) < 4.78 is 24.7. The first kappa shape index (κ1) is 13.8. The molecule has 0 spiro atoms. The van der Waals surface area contributed by atoms with Crippen LogP contribution in [0.1, 0.15) is 58.3 Å². The summed E-state index contributed by atoms with van der Waals surface area (Å²) in [7, 11) is 1.57. The molecule has 0 radical (unpaired) electrons. The molecule has 1 heterocycles. The highest BCUT2D eigenvalue weighted by Crippen LogP contribution is 2.41. The SMILES string of the molecule is CC(C)n1c(C2(C)CCCC2)nnc1S(=O)(=O)Cl. The monoisotopic (exact) mass is 291 g/mol. The molecule has 5 nitrogen and oxygen atoms in total. The van der Waals surface area contributed by atoms with E-state index < -0.39 is 9.05 Å². The van der Waals surface area contributed by atoms with Gasteiger partial charge in [0, 0.05) is 22.1 Å². The Balaban J connectivity index is 2.59. The Kier molecular flexibility index (Phi) is 3.44. The lowest BCUT2D eigenvalue weighted by Crippen LogP contribution is -2.25. The first-order valence-electron chi connectivity index (χ1n) is 6.16. The van der Waals surface area contributed by atoms with Crippen LogP contribution in [-0.4, -0.2) is 23.2 Å². The number of hydrogen-bond donors (Lipinski definition) is 0. The van der Waals surface area contributed by atoms with Gasteiger partial charge in [0.15, 0.2) is 0 Å². The van der Waals surface area contributed by atoms with Gasteiger partial charge in [-0.15, -0.1) is 10.2 Å². The summed E-state index contributed by atoms with van der Waals surface area (Å²) in [5.74, 6) is 0.745. The fraction of sp³-hybridized carbons (Fsp3) is 0.818. The molecule has 0 unspecified atom stereocenters. The van der Waals surface area contributed by atoms with E-state index in [-0.39, 0.29) is 16.6 Å². The van der Waals surface area contributed by atoms with Gasteiger partial charge in [-0.25, -0.2) is 8.42 Å². The van der Waals surface area contributed by atoms with Crippen molar-refractivity contribution in [2.45, 2.75) is 63.1 Å². The minimum Gasteiger partial charge on any atom is -0.298 e. The molecule has 2 rings (SSSR count). The standard InChI is InChI=1S/C11H18ClN3O2S/c1-8(2)15-9(11(3)6-4-5-7-11)13-14-10(15)18(12,16)17/h8H,4-7H2,1-3H3. The van der Waals surface area contributed by atoms with Crippen LogP contribution in [0, 0.1) is 0 Å². The van der Waals surface area contributed by atoms with Crippen LogP contribution in [0.15, 0.2) is 5.16 Å². The van der Waals surface area contributed by atoms with Gasteiger partial charge in [0.2, 0.25) is 0 Å². The first-order valence-corrected chi connectivity index (χ1v) is 8.47. The Morgan fingerprint density at radius 1 is 1.28 bits per heavy atom. The van der Waals surface area contributed by atoms with E-state index in [2.05, 4.69) is 17.1 Å². The molecule has 1 aliphatic carbocycles. The van der Waals surface area contributed by atoms with Crippen LogP contribution in [0.3, 0.4) is 0 Å². The third-order valence-electron chi connectivity index (χ3n) is 3.65. The van der Waals surface area contributed by atoms with E-state index >= 15 is 0 Å². The number of aromatic nitrogens is 3. The predicted molar refractivity (Wildman–Crippen MR) is 69.3 cm³/mol. The molecular weight excluding hydrogens is 274 g/mol. The lowest BCUT2D eigenvalue weighted by molar-refractivity contribution is 0.401. The highest BCUT2D eigenvalue weighted by Gasteiger charge is 2.38. The van der Waals surface area contributed by atoms with E-state index in [4.69, 9.17) is 10.7 Å². The van der Waals surface area contributed by atoms with E-state index in [1.54, 1.807) is 4.57 Å². The molecule has 1 saturated carbocycles. The number of halogens is 1. The van der Waals surface area contributed by atoms with Crippen LogP contribution in [-0.2, 0) is 14.5 Å². The molecule has 1 aliphatic rings. The fourth-order valence-corrected chi connectivity index (χ4v) is 3.69. The third-order valence-corrected chi connectivity index (χ3v) is 4.77. The Hall–Kier alpha value is -0.620. The predicted octanol–water partition coefficient (Wildman–Crippen LogP) is 2.62. The summed E-state index contributed by atoms with van der Waals surface area (Å²) in [6, 6.07) is -0.0315. The third kappa shape index (κ3) is 2.28. The molecule has 0 N–H and O–H groups in total. The summed E-state index contributed by atoms with van der Waals surface area (Å²) >= 11 is 0. The normalized spacial score (nSPS) is 19.6. The lowest BCUT2D eigenvalue weighted by Gasteiger charge is -2.25. The van der Waals surface area contributed by atoms with Crippen LogP contribution in [0.25, 0.3) is 0 Å². The molecule has 0 aliphatic heterocycles. The van der Waals surface area contributed by atoms with E-state index in [1.807, 2.05) is 13.8 Å². The number of hydrogen-bond acceptors (Lipinski definition) is 4. The molecule has 0 amide bonds. The molecule has 1 aromatic heterocycles. The number of nitrogens with zero attached hydrogens (tertiary/aromatic N) is 3. The van der Waals surface area contributed by atoms with Crippen molar-refractivity contribution >= 4 is 19.7 Å². The Morgan fingerprint density at radius 2 is 1.83 bits per heavy atom. The van der Waals surface area contributed by atoms with Crippen LogP contribution in [0.5, 0.6) is 0 Å². The van der Waals surface area contributed by atoms with Gasteiger partial charge in [0.1, 0.15) is 5.82 Å². The molecular formula is C11H18ClN3O2S. The van der Waals surface area contributed by atoms with Crippen LogP contribution in [0.2, 0.25) is 0 Å². The van der Waals surface area contributed by atoms with E-state index in [1.165, 1.54) is 0 Å². The summed E-state index contributed by atoms with van der Waals surface area (Å²) in [5.41, 5.74) is -0.0862. The molecule has 0 bridgehead atoms. The van der Waals surface area contributed by atoms with Gasteiger partial charge < -0.3 is 0 Å². The summed E-state index contributed by atoms with van der Waals surface area (Å²) in [6.07, 6.45) is 4.31. The molecule has 102 valence electrons. The van der Waals surface area contributed by atoms with Gasteiger partial charge in [-0.2, -0.15) is 0 Å². The van der Waals surface area contributed by atoms with Gasteiger partial charge >= 0.3 is 0 Å². The van der Waals surface area contributed by atoms with Crippen molar-refractivity contribution in [3.05, 3.63) is 5.82 Å². The summed E-state index contributed by atoms with van der Waals surface area (Å²) in [6.45, 7) is 5.95. The topological polar surface area (TPSA) is 64.8 Å². The smallest absolute Gasteiger partial charge is 0.296 e. The molecule has 1 fully saturated rings. The fourth-order valence-electron chi connectivity index (χ4n) is 2.70. The maximum atomic E-state index is 11.5. The average molecular weight is 292 g/mol.